The molecule has 0 atom stereocenters. The van der Waals surface area contributed by atoms with Gasteiger partial charge in [-0.05, 0) is 22.4 Å². The Kier molecular flexibility index (Phi) is 4.70. The molecule has 7 nitrogen and oxygen atoms in total. The Hall–Kier alpha value is -1.58. The average Bonchev–Trinajstić information content (AvgIpc) is 3.20. The molecule has 3 aromatic rings. The number of anilines is 1. The Morgan fingerprint density at radius 2 is 2.00 bits per heavy atom. The summed E-state index contributed by atoms with van der Waals surface area (Å²) in [6.45, 7) is 6.97. The smallest absolute Gasteiger partial charge is 0.164 e. The SMILES string of the molecule is CCc1nc(CN2CCN(c3ncnc4c3c(Br)nn4C)CC2)cs1. The first kappa shape index (κ1) is 16.9. The summed E-state index contributed by atoms with van der Waals surface area (Å²) in [5.74, 6) is 0.964. The van der Waals surface area contributed by atoms with Crippen LogP contribution in [0.3, 0.4) is 0 Å². The first-order valence-electron chi connectivity index (χ1n) is 8.39. The van der Waals surface area contributed by atoms with E-state index in [4.69, 9.17) is 0 Å². The molecule has 3 aromatic heterocycles. The van der Waals surface area contributed by atoms with Crippen molar-refractivity contribution in [2.45, 2.75) is 19.9 Å². The summed E-state index contributed by atoms with van der Waals surface area (Å²) < 4.78 is 2.59. The standard InChI is InChI=1S/C16H20BrN7S/c1-3-12-20-11(9-25-12)8-23-4-6-24(7-5-23)16-13-14(17)21-22(2)15(13)18-10-19-16/h9-10H,3-8H2,1-2H3. The van der Waals surface area contributed by atoms with Gasteiger partial charge >= 0.3 is 0 Å². The van der Waals surface area contributed by atoms with Crippen LogP contribution in [0.5, 0.6) is 0 Å². The second kappa shape index (κ2) is 6.97. The molecule has 0 N–H and O–H groups in total. The highest BCUT2D eigenvalue weighted by atomic mass is 79.9. The van der Waals surface area contributed by atoms with Gasteiger partial charge < -0.3 is 4.90 Å². The molecule has 4 rings (SSSR count). The third kappa shape index (κ3) is 3.28. The quantitative estimate of drug-likeness (QED) is 0.644. The number of aromatic nitrogens is 5. The summed E-state index contributed by atoms with van der Waals surface area (Å²) in [5.41, 5.74) is 2.05. The van der Waals surface area contributed by atoms with Crippen LogP contribution in [0.2, 0.25) is 0 Å². The monoisotopic (exact) mass is 421 g/mol. The zero-order valence-corrected chi connectivity index (χ0v) is 16.7. The van der Waals surface area contributed by atoms with Gasteiger partial charge in [0.1, 0.15) is 16.7 Å². The van der Waals surface area contributed by atoms with Gasteiger partial charge in [0.2, 0.25) is 0 Å². The van der Waals surface area contributed by atoms with Gasteiger partial charge in [-0.25, -0.2) is 19.6 Å². The highest BCUT2D eigenvalue weighted by Gasteiger charge is 2.23. The topological polar surface area (TPSA) is 63.0 Å². The Balaban J connectivity index is 1.47. The average molecular weight is 422 g/mol. The van der Waals surface area contributed by atoms with E-state index < -0.39 is 0 Å². The Morgan fingerprint density at radius 1 is 1.20 bits per heavy atom. The second-order valence-electron chi connectivity index (χ2n) is 6.16. The number of nitrogens with zero attached hydrogens (tertiary/aromatic N) is 7. The highest BCUT2D eigenvalue weighted by Crippen LogP contribution is 2.30. The van der Waals surface area contributed by atoms with Crippen molar-refractivity contribution in [3.8, 4) is 0 Å². The van der Waals surface area contributed by atoms with E-state index in [0.717, 1.165) is 60.6 Å². The normalized spacial score (nSPS) is 16.0. The largest absolute Gasteiger partial charge is 0.353 e. The number of hydrogen-bond donors (Lipinski definition) is 0. The van der Waals surface area contributed by atoms with Gasteiger partial charge in [-0.1, -0.05) is 6.92 Å². The number of fused-ring (bicyclic) bond motifs is 1. The van der Waals surface area contributed by atoms with Crippen LogP contribution in [0.15, 0.2) is 16.3 Å². The van der Waals surface area contributed by atoms with E-state index in [-0.39, 0.29) is 0 Å². The van der Waals surface area contributed by atoms with Gasteiger partial charge in [-0.2, -0.15) is 5.10 Å². The molecular formula is C16H20BrN7S. The van der Waals surface area contributed by atoms with Crippen LogP contribution in [-0.4, -0.2) is 55.8 Å². The summed E-state index contributed by atoms with van der Waals surface area (Å²) in [6, 6.07) is 0. The van der Waals surface area contributed by atoms with E-state index in [0.29, 0.717) is 0 Å². The molecule has 0 amide bonds. The maximum Gasteiger partial charge on any atom is 0.164 e. The molecule has 9 heteroatoms. The van der Waals surface area contributed by atoms with Crippen LogP contribution >= 0.6 is 27.3 Å². The van der Waals surface area contributed by atoms with E-state index >= 15 is 0 Å². The van der Waals surface area contributed by atoms with Crippen LogP contribution in [0.1, 0.15) is 17.6 Å². The molecule has 1 saturated heterocycles. The Bertz CT molecular complexity index is 882. The number of aryl methyl sites for hydroxylation is 2. The minimum atomic E-state index is 0.803. The molecule has 0 spiro atoms. The van der Waals surface area contributed by atoms with Crippen molar-refractivity contribution in [1.82, 2.24) is 29.6 Å². The maximum absolute atomic E-state index is 4.68. The van der Waals surface area contributed by atoms with Gasteiger partial charge in [-0.15, -0.1) is 11.3 Å². The van der Waals surface area contributed by atoms with Crippen molar-refractivity contribution in [1.29, 1.82) is 0 Å². The molecule has 1 fully saturated rings. The number of hydrogen-bond acceptors (Lipinski definition) is 7. The molecule has 0 saturated carbocycles. The first-order chi connectivity index (χ1) is 12.2. The molecule has 0 bridgehead atoms. The molecule has 25 heavy (non-hydrogen) atoms. The van der Waals surface area contributed by atoms with Gasteiger partial charge in [0.05, 0.1) is 16.1 Å². The third-order valence-electron chi connectivity index (χ3n) is 4.52. The lowest BCUT2D eigenvalue weighted by atomic mass is 10.2. The zero-order valence-electron chi connectivity index (χ0n) is 14.3. The summed E-state index contributed by atoms with van der Waals surface area (Å²) in [6.07, 6.45) is 2.64. The highest BCUT2D eigenvalue weighted by molar-refractivity contribution is 9.10. The van der Waals surface area contributed by atoms with Crippen LogP contribution < -0.4 is 4.90 Å². The molecule has 132 valence electrons. The maximum atomic E-state index is 4.68. The van der Waals surface area contributed by atoms with E-state index in [1.54, 1.807) is 22.3 Å². The zero-order chi connectivity index (χ0) is 17.4. The number of rotatable bonds is 4. The fourth-order valence-corrected chi connectivity index (χ4v) is 4.53. The summed E-state index contributed by atoms with van der Waals surface area (Å²) in [7, 11) is 1.90. The molecule has 1 aliphatic heterocycles. The van der Waals surface area contributed by atoms with Gasteiger partial charge in [0, 0.05) is 45.2 Å². The molecule has 4 heterocycles. The van der Waals surface area contributed by atoms with Gasteiger partial charge in [-0.3, -0.25) is 4.90 Å². The summed E-state index contributed by atoms with van der Waals surface area (Å²) >= 11 is 5.31. The molecule has 0 aromatic carbocycles. The van der Waals surface area contributed by atoms with Crippen LogP contribution in [-0.2, 0) is 20.0 Å². The van der Waals surface area contributed by atoms with Crippen LogP contribution in [0, 0.1) is 0 Å². The number of piperazine rings is 1. The first-order valence-corrected chi connectivity index (χ1v) is 10.1. The van der Waals surface area contributed by atoms with Gasteiger partial charge in [0.25, 0.3) is 0 Å². The lowest BCUT2D eigenvalue weighted by molar-refractivity contribution is 0.247. The summed E-state index contributed by atoms with van der Waals surface area (Å²) in [5, 5.41) is 8.81. The van der Waals surface area contributed by atoms with Crippen molar-refractivity contribution >= 4 is 44.1 Å². The van der Waals surface area contributed by atoms with E-state index in [9.17, 15) is 0 Å². The van der Waals surface area contributed by atoms with Crippen molar-refractivity contribution in [3.63, 3.8) is 0 Å². The van der Waals surface area contributed by atoms with Crippen LogP contribution in [0.25, 0.3) is 11.0 Å². The lowest BCUT2D eigenvalue weighted by Crippen LogP contribution is -2.46. The fraction of sp³-hybridized carbons (Fsp3) is 0.500. The van der Waals surface area contributed by atoms with Crippen molar-refractivity contribution < 1.29 is 0 Å². The second-order valence-corrected chi connectivity index (χ2v) is 7.85. The molecule has 1 aliphatic rings. The number of halogens is 1. The molecule has 0 radical (unpaired) electrons. The Labute approximate surface area is 158 Å². The molecular weight excluding hydrogens is 402 g/mol. The predicted molar refractivity (Wildman–Crippen MR) is 103 cm³/mol. The van der Waals surface area contributed by atoms with Crippen molar-refractivity contribution in [3.05, 3.63) is 27.0 Å². The van der Waals surface area contributed by atoms with E-state index in [1.807, 2.05) is 7.05 Å². The van der Waals surface area contributed by atoms with Crippen molar-refractivity contribution in [2.24, 2.45) is 7.05 Å². The van der Waals surface area contributed by atoms with E-state index in [1.165, 1.54) is 10.7 Å². The minimum absolute atomic E-state index is 0.803. The van der Waals surface area contributed by atoms with Crippen LogP contribution in [0.4, 0.5) is 5.82 Å². The molecule has 0 unspecified atom stereocenters. The molecule has 0 aliphatic carbocycles. The number of thiazole rings is 1. The third-order valence-corrected chi connectivity index (χ3v) is 6.11. The lowest BCUT2D eigenvalue weighted by Gasteiger charge is -2.35. The van der Waals surface area contributed by atoms with Crippen molar-refractivity contribution in [2.75, 3.05) is 31.1 Å². The predicted octanol–water partition coefficient (Wildman–Crippen LogP) is 2.47. The minimum Gasteiger partial charge on any atom is -0.353 e. The summed E-state index contributed by atoms with van der Waals surface area (Å²) in [4.78, 5) is 18.3. The Morgan fingerprint density at radius 3 is 2.72 bits per heavy atom. The van der Waals surface area contributed by atoms with E-state index in [2.05, 4.69) is 58.1 Å². The van der Waals surface area contributed by atoms with Gasteiger partial charge in [0.15, 0.2) is 5.65 Å². The fourth-order valence-electron chi connectivity index (χ4n) is 3.20.